The van der Waals surface area contributed by atoms with E-state index >= 15 is 0 Å². The van der Waals surface area contributed by atoms with E-state index in [9.17, 15) is 0 Å². The van der Waals surface area contributed by atoms with Gasteiger partial charge in [-0.3, -0.25) is 0 Å². The molecule has 0 aliphatic rings. The summed E-state index contributed by atoms with van der Waals surface area (Å²) in [7, 11) is 5.92. The van der Waals surface area contributed by atoms with E-state index in [-0.39, 0.29) is 0 Å². The van der Waals surface area contributed by atoms with Crippen molar-refractivity contribution in [3.05, 3.63) is 29.8 Å². The minimum absolute atomic E-state index is 0.631. The molecule has 1 aromatic carbocycles. The summed E-state index contributed by atoms with van der Waals surface area (Å²) in [6, 6.07) is 8.96. The largest absolute Gasteiger partial charge is 0.497 e. The smallest absolute Gasteiger partial charge is 0.118 e. The molecule has 0 spiro atoms. The molecule has 1 aromatic rings. The van der Waals surface area contributed by atoms with E-state index in [0.717, 1.165) is 18.8 Å². The van der Waals surface area contributed by atoms with Crippen LogP contribution in [0.3, 0.4) is 0 Å². The first-order valence-corrected chi connectivity index (χ1v) is 7.14. The van der Waals surface area contributed by atoms with Gasteiger partial charge in [-0.25, -0.2) is 0 Å². The zero-order valence-corrected chi connectivity index (χ0v) is 12.8. The molecular weight excluding hydrogens is 236 g/mol. The zero-order chi connectivity index (χ0) is 14.1. The van der Waals surface area contributed by atoms with Crippen LogP contribution in [0.25, 0.3) is 0 Å². The quantitative estimate of drug-likeness (QED) is 0.694. The van der Waals surface area contributed by atoms with Crippen LogP contribution >= 0.6 is 0 Å². The molecule has 0 aliphatic carbocycles. The van der Waals surface area contributed by atoms with Gasteiger partial charge in [-0.2, -0.15) is 0 Å². The van der Waals surface area contributed by atoms with Crippen LogP contribution in [0, 0.1) is 0 Å². The van der Waals surface area contributed by atoms with Crippen molar-refractivity contribution in [2.75, 3.05) is 27.7 Å². The van der Waals surface area contributed by atoms with Gasteiger partial charge in [0.05, 0.1) is 7.11 Å². The van der Waals surface area contributed by atoms with Gasteiger partial charge in [0.15, 0.2) is 0 Å². The Bertz CT molecular complexity index is 337. The highest BCUT2D eigenvalue weighted by atomic mass is 16.5. The molecular formula is C16H28N2O. The summed E-state index contributed by atoms with van der Waals surface area (Å²) in [5.41, 5.74) is 1.34. The molecule has 19 heavy (non-hydrogen) atoms. The van der Waals surface area contributed by atoms with E-state index in [1.54, 1.807) is 7.11 Å². The van der Waals surface area contributed by atoms with Gasteiger partial charge in [0.25, 0.3) is 0 Å². The van der Waals surface area contributed by atoms with Crippen LogP contribution in [-0.4, -0.2) is 38.7 Å². The lowest BCUT2D eigenvalue weighted by Crippen LogP contribution is -2.22. The number of methoxy groups -OCH3 is 1. The summed E-state index contributed by atoms with van der Waals surface area (Å²) >= 11 is 0. The Hall–Kier alpha value is -1.06. The number of ether oxygens (including phenoxy) is 1. The van der Waals surface area contributed by atoms with Crippen molar-refractivity contribution < 1.29 is 4.74 Å². The van der Waals surface area contributed by atoms with Crippen LogP contribution < -0.4 is 10.1 Å². The lowest BCUT2D eigenvalue weighted by molar-refractivity contribution is 0.314. The summed E-state index contributed by atoms with van der Waals surface area (Å²) < 4.78 is 5.17. The van der Waals surface area contributed by atoms with Crippen molar-refractivity contribution in [1.82, 2.24) is 10.2 Å². The fourth-order valence-corrected chi connectivity index (χ4v) is 2.10. The second kappa shape index (κ2) is 8.94. The topological polar surface area (TPSA) is 24.5 Å². The highest BCUT2D eigenvalue weighted by Crippen LogP contribution is 2.12. The van der Waals surface area contributed by atoms with E-state index in [1.165, 1.54) is 24.8 Å². The van der Waals surface area contributed by atoms with Gasteiger partial charge in [0.2, 0.25) is 0 Å². The average Bonchev–Trinajstić information content (AvgIpc) is 2.44. The first-order valence-electron chi connectivity index (χ1n) is 7.14. The van der Waals surface area contributed by atoms with Crippen molar-refractivity contribution in [2.45, 2.75) is 38.8 Å². The Kier molecular flexibility index (Phi) is 7.53. The third kappa shape index (κ3) is 6.60. The molecule has 0 fully saturated rings. The van der Waals surface area contributed by atoms with Crippen LogP contribution in [-0.2, 0) is 6.54 Å². The molecule has 0 radical (unpaired) electrons. The summed E-state index contributed by atoms with van der Waals surface area (Å²) in [5.74, 6) is 0.924. The molecule has 0 amide bonds. The van der Waals surface area contributed by atoms with E-state index in [4.69, 9.17) is 4.74 Å². The molecule has 108 valence electrons. The molecule has 1 unspecified atom stereocenters. The molecule has 0 aliphatic heterocycles. The monoisotopic (exact) mass is 264 g/mol. The number of nitrogens with zero attached hydrogens (tertiary/aromatic N) is 1. The Morgan fingerprint density at radius 1 is 1.21 bits per heavy atom. The van der Waals surface area contributed by atoms with E-state index in [1.807, 2.05) is 19.2 Å². The molecule has 0 saturated carbocycles. The first-order chi connectivity index (χ1) is 9.15. The number of hydrogen-bond acceptors (Lipinski definition) is 3. The summed E-state index contributed by atoms with van der Waals surface area (Å²) in [5, 5.41) is 3.28. The maximum absolute atomic E-state index is 5.17. The second-order valence-corrected chi connectivity index (χ2v) is 5.27. The van der Waals surface area contributed by atoms with Crippen molar-refractivity contribution in [1.29, 1.82) is 0 Å². The van der Waals surface area contributed by atoms with Gasteiger partial charge in [-0.15, -0.1) is 0 Å². The van der Waals surface area contributed by atoms with Gasteiger partial charge >= 0.3 is 0 Å². The van der Waals surface area contributed by atoms with Crippen molar-refractivity contribution in [3.8, 4) is 5.75 Å². The van der Waals surface area contributed by atoms with Crippen LogP contribution in [0.15, 0.2) is 24.3 Å². The van der Waals surface area contributed by atoms with E-state index < -0.39 is 0 Å². The number of rotatable bonds is 9. The predicted octanol–water partition coefficient (Wildman–Crippen LogP) is 2.91. The van der Waals surface area contributed by atoms with E-state index in [0.29, 0.717) is 6.04 Å². The maximum Gasteiger partial charge on any atom is 0.118 e. The SMILES string of the molecule is CNC(C)CCCCN(C)Cc1ccc(OC)cc1. The lowest BCUT2D eigenvalue weighted by Gasteiger charge is -2.17. The van der Waals surface area contributed by atoms with Gasteiger partial charge < -0.3 is 15.0 Å². The van der Waals surface area contributed by atoms with Crippen molar-refractivity contribution in [3.63, 3.8) is 0 Å². The number of hydrogen-bond donors (Lipinski definition) is 1. The van der Waals surface area contributed by atoms with E-state index in [2.05, 4.69) is 36.3 Å². The fourth-order valence-electron chi connectivity index (χ4n) is 2.10. The standard InChI is InChI=1S/C16H28N2O/c1-14(17-2)7-5-6-12-18(3)13-15-8-10-16(19-4)11-9-15/h8-11,14,17H,5-7,12-13H2,1-4H3. The fraction of sp³-hybridized carbons (Fsp3) is 0.625. The summed E-state index contributed by atoms with van der Waals surface area (Å²) in [6.45, 7) is 4.40. The van der Waals surface area contributed by atoms with Crippen LogP contribution in [0.5, 0.6) is 5.75 Å². The highest BCUT2D eigenvalue weighted by molar-refractivity contribution is 5.26. The van der Waals surface area contributed by atoms with Gasteiger partial charge in [-0.1, -0.05) is 18.6 Å². The molecule has 0 aromatic heterocycles. The third-order valence-electron chi connectivity index (χ3n) is 3.53. The highest BCUT2D eigenvalue weighted by Gasteiger charge is 2.02. The lowest BCUT2D eigenvalue weighted by atomic mass is 10.1. The number of unbranched alkanes of at least 4 members (excludes halogenated alkanes) is 1. The third-order valence-corrected chi connectivity index (χ3v) is 3.53. The van der Waals surface area contributed by atoms with Gasteiger partial charge in [0.1, 0.15) is 5.75 Å². The Morgan fingerprint density at radius 2 is 1.89 bits per heavy atom. The Morgan fingerprint density at radius 3 is 2.47 bits per heavy atom. The predicted molar refractivity (Wildman–Crippen MR) is 81.7 cm³/mol. The molecule has 3 heteroatoms. The normalized spacial score (nSPS) is 12.7. The molecule has 0 saturated heterocycles. The summed E-state index contributed by atoms with van der Waals surface area (Å²) in [6.07, 6.45) is 3.81. The van der Waals surface area contributed by atoms with Crippen LogP contribution in [0.2, 0.25) is 0 Å². The van der Waals surface area contributed by atoms with Crippen LogP contribution in [0.4, 0.5) is 0 Å². The Labute approximate surface area is 118 Å². The zero-order valence-electron chi connectivity index (χ0n) is 12.8. The molecule has 0 bridgehead atoms. The van der Waals surface area contributed by atoms with Crippen LogP contribution in [0.1, 0.15) is 31.7 Å². The van der Waals surface area contributed by atoms with Gasteiger partial charge in [-0.05, 0) is 58.1 Å². The molecule has 0 heterocycles. The summed E-state index contributed by atoms with van der Waals surface area (Å²) in [4.78, 5) is 2.38. The van der Waals surface area contributed by atoms with Crippen molar-refractivity contribution in [2.24, 2.45) is 0 Å². The van der Waals surface area contributed by atoms with Gasteiger partial charge in [0, 0.05) is 12.6 Å². The second-order valence-electron chi connectivity index (χ2n) is 5.27. The molecule has 1 N–H and O–H groups in total. The first kappa shape index (κ1) is 16.0. The van der Waals surface area contributed by atoms with Crippen molar-refractivity contribution >= 4 is 0 Å². The average molecular weight is 264 g/mol. The maximum atomic E-state index is 5.17. The molecule has 1 rings (SSSR count). The molecule has 1 atom stereocenters. The number of nitrogens with one attached hydrogen (secondary N) is 1. The molecule has 3 nitrogen and oxygen atoms in total. The minimum atomic E-state index is 0.631. The minimum Gasteiger partial charge on any atom is -0.497 e. The number of benzene rings is 1. The Balaban J connectivity index is 2.21.